The van der Waals surface area contributed by atoms with Gasteiger partial charge in [-0.2, -0.15) is 0 Å². The number of nitrogens with one attached hydrogen (secondary N) is 1. The number of benzene rings is 1. The number of methoxy groups -OCH3 is 2. The Hall–Kier alpha value is -1.83. The molecule has 1 aliphatic rings. The van der Waals surface area contributed by atoms with Crippen molar-refractivity contribution in [3.63, 3.8) is 0 Å². The molecule has 1 heterocycles. The Morgan fingerprint density at radius 2 is 1.65 bits per heavy atom. The van der Waals surface area contributed by atoms with Gasteiger partial charge in [0.05, 0.1) is 27.5 Å². The molecule has 0 bridgehead atoms. The highest BCUT2D eigenvalue weighted by Crippen LogP contribution is 2.22. The molecule has 1 aromatic rings. The Morgan fingerprint density at radius 1 is 1.09 bits per heavy atom. The van der Waals surface area contributed by atoms with Crippen molar-refractivity contribution in [1.82, 2.24) is 15.1 Å². The first-order chi connectivity index (χ1) is 11.2. The van der Waals surface area contributed by atoms with Crippen LogP contribution in [0.1, 0.15) is 10.4 Å². The third kappa shape index (κ3) is 5.09. The van der Waals surface area contributed by atoms with Crippen LogP contribution < -0.4 is 14.8 Å². The fourth-order valence-corrected chi connectivity index (χ4v) is 2.54. The number of β-amino-alcohol motifs (C(OH)–C–C–N with tert-alkyl or cyclic N) is 1. The molecule has 1 saturated heterocycles. The number of nitrogens with zero attached hydrogens (tertiary/aromatic N) is 2. The first-order valence-corrected chi connectivity index (χ1v) is 7.73. The highest BCUT2D eigenvalue weighted by Gasteiger charge is 2.17. The van der Waals surface area contributed by atoms with Crippen molar-refractivity contribution in [3.05, 3.63) is 23.8 Å². The number of rotatable bonds is 7. The van der Waals surface area contributed by atoms with Gasteiger partial charge >= 0.3 is 0 Å². The molecular formula is C16H25N3O4. The lowest BCUT2D eigenvalue weighted by Gasteiger charge is -2.34. The van der Waals surface area contributed by atoms with E-state index in [2.05, 4.69) is 15.1 Å². The Bertz CT molecular complexity index is 494. The van der Waals surface area contributed by atoms with Gasteiger partial charge in [-0.1, -0.05) is 0 Å². The summed E-state index contributed by atoms with van der Waals surface area (Å²) < 4.78 is 10.4. The van der Waals surface area contributed by atoms with E-state index >= 15 is 0 Å². The van der Waals surface area contributed by atoms with Crippen LogP contribution in [0.25, 0.3) is 0 Å². The molecule has 0 aliphatic carbocycles. The molecule has 0 spiro atoms. The number of aliphatic hydroxyl groups is 1. The number of carbonyl (C=O) groups excluding carboxylic acids is 1. The van der Waals surface area contributed by atoms with Gasteiger partial charge < -0.3 is 19.9 Å². The van der Waals surface area contributed by atoms with Gasteiger partial charge in [-0.3, -0.25) is 14.6 Å². The molecular weight excluding hydrogens is 298 g/mol. The smallest absolute Gasteiger partial charge is 0.252 e. The normalized spacial score (nSPS) is 16.1. The maximum Gasteiger partial charge on any atom is 0.252 e. The fourth-order valence-electron chi connectivity index (χ4n) is 2.54. The summed E-state index contributed by atoms with van der Waals surface area (Å²) in [5, 5.41) is 11.9. The number of hydrogen-bond donors (Lipinski definition) is 2. The van der Waals surface area contributed by atoms with Crippen molar-refractivity contribution in [3.8, 4) is 11.5 Å². The standard InChI is InChI=1S/C16H25N3O4/c1-22-14-9-13(10-15(11-14)23-2)16(21)17-12-19-5-3-18(4-6-19)7-8-20/h9-11,20H,3-8,12H2,1-2H3,(H,17,21). The average molecular weight is 323 g/mol. The van der Waals surface area contributed by atoms with E-state index in [1.54, 1.807) is 32.4 Å². The van der Waals surface area contributed by atoms with Crippen LogP contribution in [0.3, 0.4) is 0 Å². The van der Waals surface area contributed by atoms with E-state index < -0.39 is 0 Å². The summed E-state index contributed by atoms with van der Waals surface area (Å²) in [6.07, 6.45) is 0. The summed E-state index contributed by atoms with van der Waals surface area (Å²) in [7, 11) is 3.12. The van der Waals surface area contributed by atoms with Crippen LogP contribution in [0.2, 0.25) is 0 Å². The van der Waals surface area contributed by atoms with Gasteiger partial charge in [0, 0.05) is 44.4 Å². The first kappa shape index (κ1) is 17.5. The minimum Gasteiger partial charge on any atom is -0.497 e. The topological polar surface area (TPSA) is 74.3 Å². The monoisotopic (exact) mass is 323 g/mol. The molecule has 7 nitrogen and oxygen atoms in total. The lowest BCUT2D eigenvalue weighted by Crippen LogP contribution is -2.50. The maximum atomic E-state index is 12.3. The number of piperazine rings is 1. The molecule has 128 valence electrons. The molecule has 0 unspecified atom stereocenters. The SMILES string of the molecule is COc1cc(OC)cc(C(=O)NCN2CCN(CCO)CC2)c1. The zero-order valence-corrected chi connectivity index (χ0v) is 13.7. The molecule has 1 aliphatic heterocycles. The third-order valence-electron chi connectivity index (χ3n) is 3.96. The predicted molar refractivity (Wildman–Crippen MR) is 87.0 cm³/mol. The number of aliphatic hydroxyl groups excluding tert-OH is 1. The molecule has 23 heavy (non-hydrogen) atoms. The number of ether oxygens (including phenoxy) is 2. The summed E-state index contributed by atoms with van der Waals surface area (Å²) in [6, 6.07) is 5.12. The zero-order chi connectivity index (χ0) is 16.7. The Kier molecular flexibility index (Phi) is 6.64. The highest BCUT2D eigenvalue weighted by molar-refractivity contribution is 5.95. The summed E-state index contributed by atoms with van der Waals surface area (Å²) in [5.74, 6) is 1.03. The summed E-state index contributed by atoms with van der Waals surface area (Å²) >= 11 is 0. The van der Waals surface area contributed by atoms with Gasteiger partial charge in [0.2, 0.25) is 0 Å². The largest absolute Gasteiger partial charge is 0.497 e. The molecule has 0 saturated carbocycles. The van der Waals surface area contributed by atoms with Gasteiger partial charge in [-0.25, -0.2) is 0 Å². The van der Waals surface area contributed by atoms with Crippen molar-refractivity contribution < 1.29 is 19.4 Å². The lowest BCUT2D eigenvalue weighted by molar-refractivity contribution is 0.0847. The summed E-state index contributed by atoms with van der Waals surface area (Å²) in [6.45, 7) is 4.97. The second-order valence-electron chi connectivity index (χ2n) is 5.45. The molecule has 1 amide bonds. The van der Waals surface area contributed by atoms with Gasteiger partial charge in [0.25, 0.3) is 5.91 Å². The van der Waals surface area contributed by atoms with Crippen molar-refractivity contribution in [2.75, 3.05) is 60.2 Å². The molecule has 0 atom stereocenters. The summed E-state index contributed by atoms with van der Waals surface area (Å²) in [5.41, 5.74) is 0.514. The van der Waals surface area contributed by atoms with E-state index in [0.29, 0.717) is 30.3 Å². The predicted octanol–water partition coefficient (Wildman–Crippen LogP) is 0.00100. The van der Waals surface area contributed by atoms with E-state index in [0.717, 1.165) is 26.2 Å². The van der Waals surface area contributed by atoms with Gasteiger partial charge in [-0.05, 0) is 12.1 Å². The maximum absolute atomic E-state index is 12.3. The van der Waals surface area contributed by atoms with Crippen LogP contribution in [-0.4, -0.2) is 81.0 Å². The minimum absolute atomic E-state index is 0.153. The molecule has 0 radical (unpaired) electrons. The highest BCUT2D eigenvalue weighted by atomic mass is 16.5. The minimum atomic E-state index is -0.153. The number of amides is 1. The van der Waals surface area contributed by atoms with Crippen molar-refractivity contribution in [1.29, 1.82) is 0 Å². The Balaban J connectivity index is 1.85. The molecule has 2 N–H and O–H groups in total. The Labute approximate surface area is 136 Å². The van der Waals surface area contributed by atoms with Crippen LogP contribution in [0.4, 0.5) is 0 Å². The van der Waals surface area contributed by atoms with Gasteiger partial charge in [0.1, 0.15) is 11.5 Å². The first-order valence-electron chi connectivity index (χ1n) is 7.73. The molecule has 1 aromatic carbocycles. The van der Waals surface area contributed by atoms with Crippen LogP contribution in [-0.2, 0) is 0 Å². The molecule has 7 heteroatoms. The van der Waals surface area contributed by atoms with Crippen LogP contribution in [0, 0.1) is 0 Å². The lowest BCUT2D eigenvalue weighted by atomic mass is 10.2. The van der Waals surface area contributed by atoms with Crippen molar-refractivity contribution >= 4 is 5.91 Å². The molecule has 0 aromatic heterocycles. The van der Waals surface area contributed by atoms with E-state index in [-0.39, 0.29) is 12.5 Å². The quantitative estimate of drug-likeness (QED) is 0.736. The average Bonchev–Trinajstić information content (AvgIpc) is 2.60. The third-order valence-corrected chi connectivity index (χ3v) is 3.96. The van der Waals surface area contributed by atoms with E-state index in [9.17, 15) is 4.79 Å². The van der Waals surface area contributed by atoms with Crippen LogP contribution in [0.15, 0.2) is 18.2 Å². The van der Waals surface area contributed by atoms with Crippen LogP contribution >= 0.6 is 0 Å². The fraction of sp³-hybridized carbons (Fsp3) is 0.562. The van der Waals surface area contributed by atoms with E-state index in [1.165, 1.54) is 0 Å². The van der Waals surface area contributed by atoms with E-state index in [4.69, 9.17) is 14.6 Å². The second-order valence-corrected chi connectivity index (χ2v) is 5.45. The zero-order valence-electron chi connectivity index (χ0n) is 13.7. The summed E-state index contributed by atoms with van der Waals surface area (Å²) in [4.78, 5) is 16.7. The number of carbonyl (C=O) groups is 1. The molecule has 1 fully saturated rings. The Morgan fingerprint density at radius 3 is 2.17 bits per heavy atom. The van der Waals surface area contributed by atoms with Crippen molar-refractivity contribution in [2.45, 2.75) is 0 Å². The second kappa shape index (κ2) is 8.71. The van der Waals surface area contributed by atoms with Gasteiger partial charge in [0.15, 0.2) is 0 Å². The molecule has 2 rings (SSSR count). The van der Waals surface area contributed by atoms with Gasteiger partial charge in [-0.15, -0.1) is 0 Å². The number of hydrogen-bond acceptors (Lipinski definition) is 6. The van der Waals surface area contributed by atoms with Crippen LogP contribution in [0.5, 0.6) is 11.5 Å². The van der Waals surface area contributed by atoms with E-state index in [1.807, 2.05) is 0 Å². The van der Waals surface area contributed by atoms with Crippen molar-refractivity contribution in [2.24, 2.45) is 0 Å².